The molecule has 7 nitrogen and oxygen atoms in total. The monoisotopic (exact) mass is 342 g/mol. The van der Waals surface area contributed by atoms with E-state index in [0.29, 0.717) is 25.2 Å². The van der Waals surface area contributed by atoms with Gasteiger partial charge in [-0.3, -0.25) is 9.89 Å². The first kappa shape index (κ1) is 17.0. The third kappa shape index (κ3) is 4.82. The van der Waals surface area contributed by atoms with Crippen molar-refractivity contribution in [2.75, 3.05) is 19.6 Å². The molecule has 1 fully saturated rings. The van der Waals surface area contributed by atoms with Gasteiger partial charge in [-0.15, -0.1) is 0 Å². The fourth-order valence-corrected chi connectivity index (χ4v) is 2.92. The summed E-state index contributed by atoms with van der Waals surface area (Å²) in [5.74, 6) is 0.0754. The summed E-state index contributed by atoms with van der Waals surface area (Å²) in [5, 5.41) is 9.28. The minimum absolute atomic E-state index is 0.155. The van der Waals surface area contributed by atoms with Gasteiger partial charge in [0.25, 0.3) is 5.91 Å². The molecule has 1 aliphatic heterocycles. The number of aromatic amines is 1. The SMILES string of the molecule is O=C(NCC1CCCN(C(=O)OCc2ccccc2)C1)c1cn[nH]c1. The molecule has 3 rings (SSSR count). The maximum Gasteiger partial charge on any atom is 0.410 e. The number of likely N-dealkylation sites (tertiary alicyclic amines) is 1. The largest absolute Gasteiger partial charge is 0.445 e. The van der Waals surface area contributed by atoms with E-state index in [2.05, 4.69) is 15.5 Å². The van der Waals surface area contributed by atoms with Crippen molar-refractivity contribution in [1.82, 2.24) is 20.4 Å². The minimum atomic E-state index is -0.297. The molecule has 1 saturated heterocycles. The zero-order valence-electron chi connectivity index (χ0n) is 14.0. The van der Waals surface area contributed by atoms with E-state index in [1.54, 1.807) is 11.1 Å². The second kappa shape index (κ2) is 8.32. The average molecular weight is 342 g/mol. The highest BCUT2D eigenvalue weighted by Gasteiger charge is 2.25. The summed E-state index contributed by atoms with van der Waals surface area (Å²) in [6.07, 6.45) is 4.64. The summed E-state index contributed by atoms with van der Waals surface area (Å²) < 4.78 is 5.39. The number of hydrogen-bond donors (Lipinski definition) is 2. The van der Waals surface area contributed by atoms with E-state index >= 15 is 0 Å². The highest BCUT2D eigenvalue weighted by molar-refractivity contribution is 5.93. The van der Waals surface area contributed by atoms with Gasteiger partial charge in [-0.25, -0.2) is 4.79 Å². The number of ether oxygens (including phenoxy) is 1. The molecule has 0 bridgehead atoms. The third-order valence-corrected chi connectivity index (χ3v) is 4.29. The lowest BCUT2D eigenvalue weighted by atomic mass is 9.98. The summed E-state index contributed by atoms with van der Waals surface area (Å²) in [6.45, 7) is 2.10. The predicted molar refractivity (Wildman–Crippen MR) is 91.8 cm³/mol. The number of nitrogens with zero attached hydrogens (tertiary/aromatic N) is 2. The van der Waals surface area contributed by atoms with Crippen molar-refractivity contribution in [3.05, 3.63) is 53.9 Å². The van der Waals surface area contributed by atoms with Crippen LogP contribution in [0.5, 0.6) is 0 Å². The number of rotatable bonds is 5. The van der Waals surface area contributed by atoms with E-state index in [4.69, 9.17) is 4.74 Å². The van der Waals surface area contributed by atoms with Crippen LogP contribution < -0.4 is 5.32 Å². The number of carbonyl (C=O) groups is 2. The first-order valence-corrected chi connectivity index (χ1v) is 8.45. The van der Waals surface area contributed by atoms with Crippen LogP contribution in [0, 0.1) is 5.92 Å². The normalized spacial score (nSPS) is 17.1. The number of aromatic nitrogens is 2. The topological polar surface area (TPSA) is 87.3 Å². The molecule has 2 N–H and O–H groups in total. The second-order valence-corrected chi connectivity index (χ2v) is 6.19. The Balaban J connectivity index is 1.44. The van der Waals surface area contributed by atoms with Gasteiger partial charge < -0.3 is 15.0 Å². The van der Waals surface area contributed by atoms with Crippen LogP contribution in [0.25, 0.3) is 0 Å². The molecule has 1 aliphatic rings. The fourth-order valence-electron chi connectivity index (χ4n) is 2.92. The number of hydrogen-bond acceptors (Lipinski definition) is 4. The van der Waals surface area contributed by atoms with Gasteiger partial charge >= 0.3 is 6.09 Å². The predicted octanol–water partition coefficient (Wildman–Crippen LogP) is 2.19. The van der Waals surface area contributed by atoms with Crippen LogP contribution in [-0.4, -0.2) is 46.7 Å². The van der Waals surface area contributed by atoms with Crippen molar-refractivity contribution >= 4 is 12.0 Å². The molecule has 7 heteroatoms. The summed E-state index contributed by atoms with van der Waals surface area (Å²) in [5.41, 5.74) is 1.48. The minimum Gasteiger partial charge on any atom is -0.445 e. The van der Waals surface area contributed by atoms with E-state index < -0.39 is 0 Å². The maximum absolute atomic E-state index is 12.2. The summed E-state index contributed by atoms with van der Waals surface area (Å²) in [7, 11) is 0. The first-order valence-electron chi connectivity index (χ1n) is 8.45. The van der Waals surface area contributed by atoms with Crippen molar-refractivity contribution in [2.45, 2.75) is 19.4 Å². The lowest BCUT2D eigenvalue weighted by molar-refractivity contribution is 0.0776. The van der Waals surface area contributed by atoms with Gasteiger partial charge in [-0.2, -0.15) is 5.10 Å². The molecule has 1 atom stereocenters. The van der Waals surface area contributed by atoms with Crippen molar-refractivity contribution in [3.63, 3.8) is 0 Å². The molecule has 1 aromatic heterocycles. The van der Waals surface area contributed by atoms with Crippen molar-refractivity contribution in [1.29, 1.82) is 0 Å². The molecule has 0 radical (unpaired) electrons. The number of benzene rings is 1. The molecular weight excluding hydrogens is 320 g/mol. The van der Waals surface area contributed by atoms with Crippen LogP contribution in [0.1, 0.15) is 28.8 Å². The van der Waals surface area contributed by atoms with Crippen molar-refractivity contribution in [3.8, 4) is 0 Å². The second-order valence-electron chi connectivity index (χ2n) is 6.19. The van der Waals surface area contributed by atoms with Crippen LogP contribution in [-0.2, 0) is 11.3 Å². The van der Waals surface area contributed by atoms with Gasteiger partial charge in [0.1, 0.15) is 6.61 Å². The van der Waals surface area contributed by atoms with Gasteiger partial charge in [0.2, 0.25) is 0 Å². The fraction of sp³-hybridized carbons (Fsp3) is 0.389. The number of carbonyl (C=O) groups excluding carboxylic acids is 2. The summed E-state index contributed by atoms with van der Waals surface area (Å²) in [6, 6.07) is 9.62. The van der Waals surface area contributed by atoms with Crippen molar-refractivity contribution in [2.24, 2.45) is 5.92 Å². The van der Waals surface area contributed by atoms with Crippen LogP contribution in [0.4, 0.5) is 4.79 Å². The zero-order valence-corrected chi connectivity index (χ0v) is 14.0. The average Bonchev–Trinajstić information content (AvgIpc) is 3.20. The quantitative estimate of drug-likeness (QED) is 0.872. The van der Waals surface area contributed by atoms with Gasteiger partial charge in [-0.05, 0) is 24.3 Å². The van der Waals surface area contributed by atoms with Gasteiger partial charge in [-0.1, -0.05) is 30.3 Å². The zero-order chi connectivity index (χ0) is 17.5. The Hall–Kier alpha value is -2.83. The molecule has 2 aromatic rings. The Morgan fingerprint density at radius 1 is 1.32 bits per heavy atom. The van der Waals surface area contributed by atoms with Crippen LogP contribution in [0.3, 0.4) is 0 Å². The molecule has 132 valence electrons. The standard InChI is InChI=1S/C18H22N4O3/c23-17(16-10-20-21-11-16)19-9-15-7-4-8-22(12-15)18(24)25-13-14-5-2-1-3-6-14/h1-3,5-6,10-11,15H,4,7-9,12-13H2,(H,19,23)(H,20,21). The highest BCUT2D eigenvalue weighted by Crippen LogP contribution is 2.17. The lowest BCUT2D eigenvalue weighted by Crippen LogP contribution is -2.43. The molecule has 1 aromatic carbocycles. The van der Waals surface area contributed by atoms with Crippen LogP contribution in [0.2, 0.25) is 0 Å². The summed E-state index contributed by atoms with van der Waals surface area (Å²) in [4.78, 5) is 25.9. The van der Waals surface area contributed by atoms with Crippen molar-refractivity contribution < 1.29 is 14.3 Å². The Bertz CT molecular complexity index is 688. The molecule has 2 heterocycles. The van der Waals surface area contributed by atoms with E-state index in [-0.39, 0.29) is 24.5 Å². The van der Waals surface area contributed by atoms with E-state index in [1.807, 2.05) is 30.3 Å². The Morgan fingerprint density at radius 2 is 2.16 bits per heavy atom. The van der Waals surface area contributed by atoms with Gasteiger partial charge in [0, 0.05) is 25.8 Å². The third-order valence-electron chi connectivity index (χ3n) is 4.29. The molecule has 0 spiro atoms. The molecular formula is C18H22N4O3. The Morgan fingerprint density at radius 3 is 2.92 bits per heavy atom. The number of H-pyrrole nitrogens is 1. The first-order chi connectivity index (χ1) is 12.2. The molecule has 0 saturated carbocycles. The highest BCUT2D eigenvalue weighted by atomic mass is 16.6. The number of amides is 2. The van der Waals surface area contributed by atoms with E-state index in [1.165, 1.54) is 6.20 Å². The van der Waals surface area contributed by atoms with E-state index in [9.17, 15) is 9.59 Å². The van der Waals surface area contributed by atoms with Crippen LogP contribution in [0.15, 0.2) is 42.7 Å². The maximum atomic E-state index is 12.2. The number of nitrogens with one attached hydrogen (secondary N) is 2. The summed E-state index contributed by atoms with van der Waals surface area (Å²) >= 11 is 0. The van der Waals surface area contributed by atoms with E-state index in [0.717, 1.165) is 18.4 Å². The molecule has 2 amide bonds. The smallest absolute Gasteiger partial charge is 0.410 e. The van der Waals surface area contributed by atoms with Gasteiger partial charge in [0.05, 0.1) is 11.8 Å². The van der Waals surface area contributed by atoms with Gasteiger partial charge in [0.15, 0.2) is 0 Å². The Labute approximate surface area is 146 Å². The lowest BCUT2D eigenvalue weighted by Gasteiger charge is -2.32. The molecule has 25 heavy (non-hydrogen) atoms. The van der Waals surface area contributed by atoms with Crippen LogP contribution >= 0.6 is 0 Å². The number of piperidine rings is 1. The molecule has 0 aliphatic carbocycles. The Kier molecular flexibility index (Phi) is 5.66. The molecule has 1 unspecified atom stereocenters.